The number of amides is 1. The summed E-state index contributed by atoms with van der Waals surface area (Å²) in [5.41, 5.74) is 0.634. The van der Waals surface area contributed by atoms with E-state index in [1.54, 1.807) is 17.1 Å². The molecule has 0 aliphatic carbocycles. The Morgan fingerprint density at radius 2 is 2.00 bits per heavy atom. The number of fused-ring (bicyclic) bond motifs is 1. The average Bonchev–Trinajstić information content (AvgIpc) is 3.41. The Kier molecular flexibility index (Phi) is 6.98. The van der Waals surface area contributed by atoms with E-state index < -0.39 is 12.1 Å². The lowest BCUT2D eigenvalue weighted by Gasteiger charge is -2.37. The predicted molar refractivity (Wildman–Crippen MR) is 96.9 cm³/mol. The van der Waals surface area contributed by atoms with Gasteiger partial charge in [0.25, 0.3) is 5.91 Å². The molecule has 1 aromatic heterocycles. The molecule has 0 bridgehead atoms. The molecule has 0 spiro atoms. The number of rotatable bonds is 3. The topological polar surface area (TPSA) is 97.1 Å². The van der Waals surface area contributed by atoms with Crippen molar-refractivity contribution in [3.63, 3.8) is 0 Å². The number of aliphatic carboxylic acids is 1. The van der Waals surface area contributed by atoms with E-state index in [0.29, 0.717) is 18.3 Å². The number of carboxylic acid groups (broad SMARTS) is 1. The number of hydrogen-bond donors (Lipinski definition) is 1. The van der Waals surface area contributed by atoms with Crippen LogP contribution in [-0.2, 0) is 21.3 Å². The molecule has 3 aliphatic heterocycles. The maximum absolute atomic E-state index is 12.7. The lowest BCUT2D eigenvalue weighted by atomic mass is 10.1. The molecular formula is C18H25F3N4O5. The van der Waals surface area contributed by atoms with Gasteiger partial charge in [0.05, 0.1) is 37.4 Å². The van der Waals surface area contributed by atoms with Crippen molar-refractivity contribution < 1.29 is 37.3 Å². The molecule has 168 valence electrons. The smallest absolute Gasteiger partial charge is 0.475 e. The highest BCUT2D eigenvalue weighted by molar-refractivity contribution is 5.92. The van der Waals surface area contributed by atoms with Gasteiger partial charge in [0.1, 0.15) is 5.69 Å². The summed E-state index contributed by atoms with van der Waals surface area (Å²) in [5.74, 6) is -2.72. The molecule has 4 rings (SSSR count). The first-order valence-electron chi connectivity index (χ1n) is 9.69. The van der Waals surface area contributed by atoms with Gasteiger partial charge in [-0.3, -0.25) is 9.69 Å². The maximum atomic E-state index is 12.7. The van der Waals surface area contributed by atoms with Gasteiger partial charge in [0, 0.05) is 39.8 Å². The zero-order valence-electron chi connectivity index (χ0n) is 16.5. The molecule has 3 saturated heterocycles. The summed E-state index contributed by atoms with van der Waals surface area (Å²) in [7, 11) is 1.85. The van der Waals surface area contributed by atoms with Crippen LogP contribution in [0, 0.1) is 0 Å². The number of morpholine rings is 1. The summed E-state index contributed by atoms with van der Waals surface area (Å²) in [6, 6.07) is 0.283. The number of imidazole rings is 1. The first kappa shape index (κ1) is 22.5. The van der Waals surface area contributed by atoms with Crippen LogP contribution in [0.4, 0.5) is 13.2 Å². The second-order valence-electron chi connectivity index (χ2n) is 7.51. The molecule has 9 nitrogen and oxygen atoms in total. The highest BCUT2D eigenvalue weighted by atomic mass is 19.4. The third kappa shape index (κ3) is 5.29. The minimum atomic E-state index is -5.08. The Hall–Kier alpha value is -2.18. The van der Waals surface area contributed by atoms with E-state index in [2.05, 4.69) is 9.88 Å². The Morgan fingerprint density at radius 3 is 2.57 bits per heavy atom. The standard InChI is InChI=1S/C16H24N4O3.C2HF3O2/c1-18-11-17-7-13(18)16(21)20-9-14-15(10-20)23-6-4-19(14)8-12-3-2-5-22-12;3-2(4,5)1(6)7/h7,11-12,14-15H,2-6,8-10H2,1H3;(H,6,7)/t12?,14-,15+;/m1./s1. The van der Waals surface area contributed by atoms with Crippen molar-refractivity contribution in [2.24, 2.45) is 7.05 Å². The molecule has 3 fully saturated rings. The molecular weight excluding hydrogens is 409 g/mol. The van der Waals surface area contributed by atoms with Crippen molar-refractivity contribution in [1.82, 2.24) is 19.4 Å². The second-order valence-corrected chi connectivity index (χ2v) is 7.51. The number of nitrogens with zero attached hydrogens (tertiary/aromatic N) is 4. The lowest BCUT2D eigenvalue weighted by Crippen LogP contribution is -2.52. The Balaban J connectivity index is 0.000000318. The molecule has 12 heteroatoms. The Bertz CT molecular complexity index is 750. The van der Waals surface area contributed by atoms with Gasteiger partial charge in [0.15, 0.2) is 0 Å². The van der Waals surface area contributed by atoms with Crippen molar-refractivity contribution in [2.75, 3.05) is 39.4 Å². The largest absolute Gasteiger partial charge is 0.490 e. The SMILES string of the molecule is Cn1cncc1C(=O)N1C[C@@H]2OCCN(CC3CCCO3)[C@@H]2C1.O=C(O)C(F)(F)F. The maximum Gasteiger partial charge on any atom is 0.490 e. The van der Waals surface area contributed by atoms with Gasteiger partial charge in [-0.15, -0.1) is 0 Å². The number of aryl methyl sites for hydroxylation is 1. The van der Waals surface area contributed by atoms with E-state index in [1.807, 2.05) is 11.9 Å². The Morgan fingerprint density at radius 1 is 1.27 bits per heavy atom. The number of halogens is 3. The van der Waals surface area contributed by atoms with Crippen LogP contribution in [0.3, 0.4) is 0 Å². The molecule has 1 N–H and O–H groups in total. The number of ether oxygens (including phenoxy) is 2. The normalized spacial score (nSPS) is 26.8. The van der Waals surface area contributed by atoms with Crippen LogP contribution >= 0.6 is 0 Å². The number of alkyl halides is 3. The fourth-order valence-corrected chi connectivity index (χ4v) is 3.93. The lowest BCUT2D eigenvalue weighted by molar-refractivity contribution is -0.192. The van der Waals surface area contributed by atoms with Crippen LogP contribution in [-0.4, -0.2) is 100 Å². The van der Waals surface area contributed by atoms with Crippen molar-refractivity contribution >= 4 is 11.9 Å². The monoisotopic (exact) mass is 434 g/mol. The summed E-state index contributed by atoms with van der Waals surface area (Å²) in [6.45, 7) is 4.89. The molecule has 0 radical (unpaired) electrons. The van der Waals surface area contributed by atoms with Crippen molar-refractivity contribution in [1.29, 1.82) is 0 Å². The van der Waals surface area contributed by atoms with E-state index >= 15 is 0 Å². The molecule has 4 heterocycles. The van der Waals surface area contributed by atoms with Gasteiger partial charge in [-0.2, -0.15) is 13.2 Å². The van der Waals surface area contributed by atoms with Gasteiger partial charge in [-0.05, 0) is 12.8 Å². The van der Waals surface area contributed by atoms with E-state index in [9.17, 15) is 18.0 Å². The van der Waals surface area contributed by atoms with E-state index in [1.165, 1.54) is 0 Å². The summed E-state index contributed by atoms with van der Waals surface area (Å²) in [4.78, 5) is 30.0. The number of carbonyl (C=O) groups is 2. The van der Waals surface area contributed by atoms with Gasteiger partial charge in [-0.1, -0.05) is 0 Å². The third-order valence-electron chi connectivity index (χ3n) is 5.44. The van der Waals surface area contributed by atoms with Gasteiger partial charge in [0.2, 0.25) is 0 Å². The molecule has 3 aliphatic rings. The number of aromatic nitrogens is 2. The number of hydrogen-bond acceptors (Lipinski definition) is 6. The highest BCUT2D eigenvalue weighted by Crippen LogP contribution is 2.26. The van der Waals surface area contributed by atoms with Crippen molar-refractivity contribution in [3.05, 3.63) is 18.2 Å². The minimum Gasteiger partial charge on any atom is -0.475 e. The molecule has 1 aromatic rings. The van der Waals surface area contributed by atoms with Crippen molar-refractivity contribution in [3.8, 4) is 0 Å². The summed E-state index contributed by atoms with van der Waals surface area (Å²) in [6.07, 6.45) is 0.977. The predicted octanol–water partition coefficient (Wildman–Crippen LogP) is 0.758. The number of carbonyl (C=O) groups excluding carboxylic acids is 1. The zero-order chi connectivity index (χ0) is 21.9. The first-order chi connectivity index (χ1) is 14.2. The fourth-order valence-electron chi connectivity index (χ4n) is 3.93. The molecule has 0 aromatic carbocycles. The van der Waals surface area contributed by atoms with Gasteiger partial charge < -0.3 is 24.0 Å². The van der Waals surface area contributed by atoms with Crippen LogP contribution in [0.25, 0.3) is 0 Å². The third-order valence-corrected chi connectivity index (χ3v) is 5.44. The zero-order valence-corrected chi connectivity index (χ0v) is 16.5. The molecule has 3 atom stereocenters. The molecule has 0 saturated carbocycles. The average molecular weight is 434 g/mol. The fraction of sp³-hybridized carbons (Fsp3) is 0.722. The quantitative estimate of drug-likeness (QED) is 0.750. The van der Waals surface area contributed by atoms with E-state index in [4.69, 9.17) is 19.4 Å². The van der Waals surface area contributed by atoms with Crippen molar-refractivity contribution in [2.45, 2.75) is 37.3 Å². The minimum absolute atomic E-state index is 0.0417. The van der Waals surface area contributed by atoms with Crippen LogP contribution < -0.4 is 0 Å². The highest BCUT2D eigenvalue weighted by Gasteiger charge is 2.43. The summed E-state index contributed by atoms with van der Waals surface area (Å²) < 4.78 is 45.2. The second kappa shape index (κ2) is 9.31. The van der Waals surface area contributed by atoms with Gasteiger partial charge in [-0.25, -0.2) is 9.78 Å². The Labute approximate surface area is 171 Å². The van der Waals surface area contributed by atoms with Crippen LogP contribution in [0.2, 0.25) is 0 Å². The molecule has 30 heavy (non-hydrogen) atoms. The van der Waals surface area contributed by atoms with E-state index in [0.717, 1.165) is 45.7 Å². The first-order valence-corrected chi connectivity index (χ1v) is 9.69. The van der Waals surface area contributed by atoms with E-state index in [-0.39, 0.29) is 18.1 Å². The molecule has 1 unspecified atom stereocenters. The summed E-state index contributed by atoms with van der Waals surface area (Å²) >= 11 is 0. The number of likely N-dealkylation sites (tertiary alicyclic amines) is 1. The van der Waals surface area contributed by atoms with Crippen LogP contribution in [0.5, 0.6) is 0 Å². The molecule has 1 amide bonds. The number of carboxylic acids is 1. The van der Waals surface area contributed by atoms with Gasteiger partial charge >= 0.3 is 12.1 Å². The van der Waals surface area contributed by atoms with Crippen LogP contribution in [0.15, 0.2) is 12.5 Å². The summed E-state index contributed by atoms with van der Waals surface area (Å²) in [5, 5.41) is 7.12. The van der Waals surface area contributed by atoms with Crippen LogP contribution in [0.1, 0.15) is 23.3 Å².